The quantitative estimate of drug-likeness (QED) is 0.607. The van der Waals surface area contributed by atoms with Gasteiger partial charge in [-0.1, -0.05) is 84.4 Å². The molecule has 2 atom stereocenters. The second kappa shape index (κ2) is 9.22. The molecule has 3 aromatic carbocycles. The third-order valence-electron chi connectivity index (χ3n) is 7.14. The first-order valence-electron chi connectivity index (χ1n) is 11.8. The average Bonchev–Trinajstić information content (AvgIpc) is 3.30. The largest absolute Gasteiger partial charge is 0.341 e. The Morgan fingerprint density at radius 2 is 1.52 bits per heavy atom. The number of aryl methyl sites for hydroxylation is 1. The summed E-state index contributed by atoms with van der Waals surface area (Å²) >= 11 is 0. The summed E-state index contributed by atoms with van der Waals surface area (Å²) in [7, 11) is 0. The maximum Gasteiger partial charge on any atom is 0.228 e. The average molecular weight is 439 g/mol. The monoisotopic (exact) mass is 438 g/mol. The molecule has 0 saturated carbocycles. The van der Waals surface area contributed by atoms with Gasteiger partial charge in [0.1, 0.15) is 0 Å². The van der Waals surface area contributed by atoms with Crippen LogP contribution in [0.2, 0.25) is 0 Å². The van der Waals surface area contributed by atoms with Gasteiger partial charge in [0.05, 0.1) is 12.3 Å². The molecule has 2 heterocycles. The lowest BCUT2D eigenvalue weighted by molar-refractivity contribution is -0.136. The first kappa shape index (κ1) is 21.4. The summed E-state index contributed by atoms with van der Waals surface area (Å²) in [5, 5.41) is 0. The summed E-state index contributed by atoms with van der Waals surface area (Å²) in [6.07, 6.45) is 1.26. The molecule has 168 valence electrons. The minimum Gasteiger partial charge on any atom is -0.341 e. The minimum absolute atomic E-state index is 0.0231. The molecule has 4 nitrogen and oxygen atoms in total. The fraction of sp³-hybridized carbons (Fsp3) is 0.310. The zero-order valence-electron chi connectivity index (χ0n) is 19.1. The van der Waals surface area contributed by atoms with Gasteiger partial charge in [-0.3, -0.25) is 9.59 Å². The first-order chi connectivity index (χ1) is 16.1. The summed E-state index contributed by atoms with van der Waals surface area (Å²) in [6.45, 7) is 4.55. The van der Waals surface area contributed by atoms with Crippen LogP contribution >= 0.6 is 0 Å². The third kappa shape index (κ3) is 4.56. The zero-order chi connectivity index (χ0) is 22.8. The Kier molecular flexibility index (Phi) is 5.99. The van der Waals surface area contributed by atoms with Crippen LogP contribution < -0.4 is 0 Å². The van der Waals surface area contributed by atoms with Crippen molar-refractivity contribution in [2.45, 2.75) is 32.2 Å². The molecule has 3 aromatic rings. The summed E-state index contributed by atoms with van der Waals surface area (Å²) in [4.78, 5) is 30.8. The molecule has 0 aromatic heterocycles. The van der Waals surface area contributed by atoms with Gasteiger partial charge in [0.2, 0.25) is 11.8 Å². The van der Waals surface area contributed by atoms with Crippen molar-refractivity contribution in [3.63, 3.8) is 0 Å². The number of nitrogens with zero attached hydrogens (tertiary/aromatic N) is 2. The Morgan fingerprint density at radius 3 is 2.27 bits per heavy atom. The highest BCUT2D eigenvalue weighted by Crippen LogP contribution is 2.35. The SMILES string of the molecule is Cc1ccc(C2CN(C(=O)Cc3ccccc3)CC2C(=O)N2CCc3ccccc3C2)cc1. The maximum absolute atomic E-state index is 13.8. The van der Waals surface area contributed by atoms with Gasteiger partial charge in [-0.2, -0.15) is 0 Å². The molecule has 5 rings (SSSR count). The number of carbonyl (C=O) groups is 2. The van der Waals surface area contributed by atoms with Crippen molar-refractivity contribution in [1.82, 2.24) is 9.80 Å². The summed E-state index contributed by atoms with van der Waals surface area (Å²) < 4.78 is 0. The second-order valence-electron chi connectivity index (χ2n) is 9.36. The topological polar surface area (TPSA) is 40.6 Å². The molecule has 0 spiro atoms. The normalized spacial score (nSPS) is 19.9. The number of carbonyl (C=O) groups excluding carboxylic acids is 2. The molecule has 2 aliphatic heterocycles. The predicted octanol–water partition coefficient (Wildman–Crippen LogP) is 4.36. The highest BCUT2D eigenvalue weighted by molar-refractivity contribution is 5.84. The van der Waals surface area contributed by atoms with Crippen molar-refractivity contribution in [2.24, 2.45) is 5.92 Å². The molecule has 2 aliphatic rings. The molecule has 2 amide bonds. The van der Waals surface area contributed by atoms with Crippen LogP contribution in [0.25, 0.3) is 0 Å². The third-order valence-corrected chi connectivity index (χ3v) is 7.14. The van der Waals surface area contributed by atoms with E-state index >= 15 is 0 Å². The molecule has 2 unspecified atom stereocenters. The Hall–Kier alpha value is -3.40. The van der Waals surface area contributed by atoms with Gasteiger partial charge in [0.15, 0.2) is 0 Å². The maximum atomic E-state index is 13.8. The number of rotatable bonds is 4. The number of fused-ring (bicyclic) bond motifs is 1. The van der Waals surface area contributed by atoms with Crippen molar-refractivity contribution in [2.75, 3.05) is 19.6 Å². The van der Waals surface area contributed by atoms with E-state index in [-0.39, 0.29) is 23.7 Å². The van der Waals surface area contributed by atoms with Crippen molar-refractivity contribution in [3.8, 4) is 0 Å². The van der Waals surface area contributed by atoms with E-state index in [1.165, 1.54) is 16.7 Å². The Morgan fingerprint density at radius 1 is 0.818 bits per heavy atom. The van der Waals surface area contributed by atoms with Crippen molar-refractivity contribution in [3.05, 3.63) is 107 Å². The van der Waals surface area contributed by atoms with Crippen molar-refractivity contribution in [1.29, 1.82) is 0 Å². The molecule has 33 heavy (non-hydrogen) atoms. The summed E-state index contributed by atoms with van der Waals surface area (Å²) in [5.41, 5.74) is 5.93. The lowest BCUT2D eigenvalue weighted by atomic mass is 9.87. The molecular weight excluding hydrogens is 408 g/mol. The van der Waals surface area contributed by atoms with E-state index in [1.54, 1.807) is 0 Å². The lowest BCUT2D eigenvalue weighted by Gasteiger charge is -2.32. The van der Waals surface area contributed by atoms with Crippen LogP contribution in [0.3, 0.4) is 0 Å². The van der Waals surface area contributed by atoms with Gasteiger partial charge in [0.25, 0.3) is 0 Å². The zero-order valence-corrected chi connectivity index (χ0v) is 19.1. The standard InChI is InChI=1S/C29H30N2O2/c1-21-11-13-24(14-12-21)26-19-31(28(32)17-22-7-3-2-4-8-22)20-27(26)29(33)30-16-15-23-9-5-6-10-25(23)18-30/h2-14,26-27H,15-20H2,1H3. The number of hydrogen-bond donors (Lipinski definition) is 0. The van der Waals surface area contributed by atoms with E-state index in [4.69, 9.17) is 0 Å². The highest BCUT2D eigenvalue weighted by Gasteiger charge is 2.42. The Bertz CT molecular complexity index is 1140. The van der Waals surface area contributed by atoms with E-state index < -0.39 is 0 Å². The fourth-order valence-corrected chi connectivity index (χ4v) is 5.21. The van der Waals surface area contributed by atoms with E-state index in [1.807, 2.05) is 46.2 Å². The highest BCUT2D eigenvalue weighted by atomic mass is 16.2. The van der Waals surface area contributed by atoms with Gasteiger partial charge >= 0.3 is 0 Å². The predicted molar refractivity (Wildman–Crippen MR) is 130 cm³/mol. The van der Waals surface area contributed by atoms with E-state index in [0.717, 1.165) is 24.1 Å². The minimum atomic E-state index is -0.210. The van der Waals surface area contributed by atoms with Crippen LogP contribution in [0.1, 0.15) is 33.7 Å². The van der Waals surface area contributed by atoms with Gasteiger partial charge < -0.3 is 9.80 Å². The molecule has 1 fully saturated rings. The van der Waals surface area contributed by atoms with E-state index in [0.29, 0.717) is 26.1 Å². The molecular formula is C29H30N2O2. The number of hydrogen-bond acceptors (Lipinski definition) is 2. The number of benzene rings is 3. The summed E-state index contributed by atoms with van der Waals surface area (Å²) in [6, 6.07) is 26.7. The molecule has 1 saturated heterocycles. The van der Waals surface area contributed by atoms with E-state index in [2.05, 4.69) is 49.4 Å². The van der Waals surface area contributed by atoms with Crippen molar-refractivity contribution < 1.29 is 9.59 Å². The molecule has 0 aliphatic carbocycles. The first-order valence-corrected chi connectivity index (χ1v) is 11.8. The van der Waals surface area contributed by atoms with Crippen LogP contribution in [-0.2, 0) is 29.0 Å². The van der Waals surface area contributed by atoms with E-state index in [9.17, 15) is 9.59 Å². The van der Waals surface area contributed by atoms with Crippen LogP contribution in [0, 0.1) is 12.8 Å². The number of amides is 2. The fourth-order valence-electron chi connectivity index (χ4n) is 5.21. The molecule has 4 heteroatoms. The second-order valence-corrected chi connectivity index (χ2v) is 9.36. The van der Waals surface area contributed by atoms with Gasteiger partial charge in [-0.05, 0) is 35.6 Å². The molecule has 0 N–H and O–H groups in total. The van der Waals surface area contributed by atoms with Gasteiger partial charge in [0, 0.05) is 32.1 Å². The van der Waals surface area contributed by atoms with Crippen LogP contribution in [0.5, 0.6) is 0 Å². The van der Waals surface area contributed by atoms with Crippen LogP contribution in [-0.4, -0.2) is 41.2 Å². The van der Waals surface area contributed by atoms with Gasteiger partial charge in [-0.25, -0.2) is 0 Å². The molecule has 0 radical (unpaired) electrons. The Balaban J connectivity index is 1.37. The number of likely N-dealkylation sites (tertiary alicyclic amines) is 1. The lowest BCUT2D eigenvalue weighted by Crippen LogP contribution is -2.42. The molecule has 0 bridgehead atoms. The van der Waals surface area contributed by atoms with Crippen molar-refractivity contribution >= 4 is 11.8 Å². The van der Waals surface area contributed by atoms with Crippen LogP contribution in [0.15, 0.2) is 78.9 Å². The Labute approximate surface area is 195 Å². The smallest absolute Gasteiger partial charge is 0.228 e. The van der Waals surface area contributed by atoms with Gasteiger partial charge in [-0.15, -0.1) is 0 Å². The van der Waals surface area contributed by atoms with Crippen LogP contribution in [0.4, 0.5) is 0 Å². The summed E-state index contributed by atoms with van der Waals surface area (Å²) in [5.74, 6) is 0.0791.